The van der Waals surface area contributed by atoms with Gasteiger partial charge >= 0.3 is 0 Å². The molecule has 0 atom stereocenters. The average molecular weight is 258 g/mol. The van der Waals surface area contributed by atoms with E-state index in [1.807, 2.05) is 19.1 Å². The first kappa shape index (κ1) is 10.7. The minimum atomic E-state index is 0.846. The summed E-state index contributed by atoms with van der Waals surface area (Å²) in [6.07, 6.45) is 0. The maximum Gasteiger partial charge on any atom is 0.0454 e. The van der Waals surface area contributed by atoms with Crippen molar-refractivity contribution in [3.8, 4) is 0 Å². The molecule has 0 spiro atoms. The second-order valence-electron chi connectivity index (χ2n) is 2.85. The Hall–Kier alpha value is -0.410. The monoisotopic (exact) mass is 257 g/mol. The number of halogens is 1. The van der Waals surface area contributed by atoms with Crippen LogP contribution in [0.2, 0.25) is 0 Å². The molecule has 0 aliphatic carbocycles. The number of rotatable bonds is 3. The van der Waals surface area contributed by atoms with E-state index in [1.54, 1.807) is 11.8 Å². The molecule has 0 heterocycles. The van der Waals surface area contributed by atoms with Gasteiger partial charge in [0, 0.05) is 16.3 Å². The van der Waals surface area contributed by atoms with Gasteiger partial charge in [-0.1, -0.05) is 28.6 Å². The van der Waals surface area contributed by atoms with Gasteiger partial charge in [0.25, 0.3) is 0 Å². The molecule has 2 N–H and O–H groups in total. The summed E-state index contributed by atoms with van der Waals surface area (Å²) in [6, 6.07) is 6.10. The van der Waals surface area contributed by atoms with Crippen molar-refractivity contribution in [1.29, 1.82) is 0 Å². The third-order valence-electron chi connectivity index (χ3n) is 1.55. The summed E-state index contributed by atoms with van der Waals surface area (Å²) >= 11 is 5.01. The number of benzene rings is 1. The van der Waals surface area contributed by atoms with Crippen molar-refractivity contribution in [3.63, 3.8) is 0 Å². The molecule has 0 radical (unpaired) electrons. The second-order valence-corrected chi connectivity index (χ2v) is 4.99. The van der Waals surface area contributed by atoms with Crippen molar-refractivity contribution in [1.82, 2.24) is 0 Å². The van der Waals surface area contributed by atoms with E-state index >= 15 is 0 Å². The van der Waals surface area contributed by atoms with Crippen LogP contribution >= 0.6 is 27.7 Å². The Kier molecular flexibility index (Phi) is 3.88. The molecule has 0 fully saturated rings. The zero-order valence-electron chi connectivity index (χ0n) is 7.51. The van der Waals surface area contributed by atoms with Gasteiger partial charge in [0.05, 0.1) is 0 Å². The van der Waals surface area contributed by atoms with E-state index in [4.69, 9.17) is 5.73 Å². The molecule has 0 unspecified atom stereocenters. The standard InChI is InChI=1S/C10H12BrNS/c1-7-3-4-10(9(12)5-7)13-6-8(2)11/h3-5H,2,6,12H2,1H3. The summed E-state index contributed by atoms with van der Waals surface area (Å²) in [5, 5.41) is 0. The normalized spacial score (nSPS) is 10.0. The zero-order valence-corrected chi connectivity index (χ0v) is 9.91. The molecule has 70 valence electrons. The summed E-state index contributed by atoms with van der Waals surface area (Å²) in [7, 11) is 0. The smallest absolute Gasteiger partial charge is 0.0454 e. The van der Waals surface area contributed by atoms with Crippen molar-refractivity contribution in [3.05, 3.63) is 34.8 Å². The Morgan fingerprint density at radius 1 is 1.62 bits per heavy atom. The highest BCUT2D eigenvalue weighted by molar-refractivity contribution is 9.11. The van der Waals surface area contributed by atoms with Crippen LogP contribution in [-0.2, 0) is 0 Å². The van der Waals surface area contributed by atoms with Crippen LogP contribution in [0.4, 0.5) is 5.69 Å². The van der Waals surface area contributed by atoms with Gasteiger partial charge in [-0.3, -0.25) is 0 Å². The first-order valence-electron chi connectivity index (χ1n) is 3.92. The highest BCUT2D eigenvalue weighted by Gasteiger charge is 1.99. The van der Waals surface area contributed by atoms with Gasteiger partial charge in [-0.25, -0.2) is 0 Å². The molecular formula is C10H12BrNS. The van der Waals surface area contributed by atoms with Crippen molar-refractivity contribution in [2.45, 2.75) is 11.8 Å². The zero-order chi connectivity index (χ0) is 9.84. The predicted octanol–water partition coefficient (Wildman–Crippen LogP) is 3.58. The van der Waals surface area contributed by atoms with Crippen LogP contribution in [0.15, 0.2) is 34.2 Å². The van der Waals surface area contributed by atoms with Crippen LogP contribution in [0.1, 0.15) is 5.56 Å². The van der Waals surface area contributed by atoms with Gasteiger partial charge in [-0.05, 0) is 29.1 Å². The fraction of sp³-hybridized carbons (Fsp3) is 0.200. The summed E-state index contributed by atoms with van der Waals surface area (Å²) in [5.74, 6) is 0.854. The molecule has 1 aromatic carbocycles. The molecular weight excluding hydrogens is 246 g/mol. The third kappa shape index (κ3) is 3.44. The summed E-state index contributed by atoms with van der Waals surface area (Å²) < 4.78 is 0.984. The third-order valence-corrected chi connectivity index (χ3v) is 3.38. The van der Waals surface area contributed by atoms with Crippen molar-refractivity contribution >= 4 is 33.4 Å². The number of hydrogen-bond donors (Lipinski definition) is 1. The number of hydrogen-bond acceptors (Lipinski definition) is 2. The predicted molar refractivity (Wildman–Crippen MR) is 64.4 cm³/mol. The van der Waals surface area contributed by atoms with Crippen LogP contribution in [0.3, 0.4) is 0 Å². The first-order valence-corrected chi connectivity index (χ1v) is 5.69. The lowest BCUT2D eigenvalue weighted by molar-refractivity contribution is 1.38. The Balaban J connectivity index is 2.72. The second kappa shape index (κ2) is 4.72. The van der Waals surface area contributed by atoms with Gasteiger partial charge in [-0.2, -0.15) is 0 Å². The van der Waals surface area contributed by atoms with Crippen molar-refractivity contribution < 1.29 is 0 Å². The van der Waals surface area contributed by atoms with E-state index in [-0.39, 0.29) is 0 Å². The van der Waals surface area contributed by atoms with Gasteiger partial charge in [-0.15, -0.1) is 11.8 Å². The molecule has 1 nitrogen and oxygen atoms in total. The van der Waals surface area contributed by atoms with Crippen molar-refractivity contribution in [2.75, 3.05) is 11.5 Å². The lowest BCUT2D eigenvalue weighted by atomic mass is 10.2. The van der Waals surface area contributed by atoms with E-state index in [2.05, 4.69) is 28.6 Å². The van der Waals surface area contributed by atoms with Crippen LogP contribution in [0.25, 0.3) is 0 Å². The fourth-order valence-corrected chi connectivity index (χ4v) is 2.00. The molecule has 0 aliphatic heterocycles. The Labute approximate surface area is 91.5 Å². The topological polar surface area (TPSA) is 26.0 Å². The highest BCUT2D eigenvalue weighted by Crippen LogP contribution is 2.27. The molecule has 0 aromatic heterocycles. The van der Waals surface area contributed by atoms with E-state index in [0.29, 0.717) is 0 Å². The Morgan fingerprint density at radius 3 is 2.85 bits per heavy atom. The van der Waals surface area contributed by atoms with E-state index < -0.39 is 0 Å². The van der Waals surface area contributed by atoms with E-state index in [1.165, 1.54) is 5.56 Å². The van der Waals surface area contributed by atoms with Gasteiger partial charge in [0.1, 0.15) is 0 Å². The lowest BCUT2D eigenvalue weighted by Crippen LogP contribution is -1.89. The Bertz CT molecular complexity index is 323. The maximum atomic E-state index is 5.84. The minimum absolute atomic E-state index is 0.846. The van der Waals surface area contributed by atoms with Crippen molar-refractivity contribution in [2.24, 2.45) is 0 Å². The molecule has 13 heavy (non-hydrogen) atoms. The number of anilines is 1. The summed E-state index contributed by atoms with van der Waals surface area (Å²) in [5.41, 5.74) is 7.88. The van der Waals surface area contributed by atoms with Gasteiger partial charge in [0.15, 0.2) is 0 Å². The number of aryl methyl sites for hydroxylation is 1. The quantitative estimate of drug-likeness (QED) is 0.662. The molecule has 0 saturated carbocycles. The van der Waals surface area contributed by atoms with E-state index in [0.717, 1.165) is 20.8 Å². The molecule has 0 saturated heterocycles. The van der Waals surface area contributed by atoms with Crippen LogP contribution in [0, 0.1) is 6.92 Å². The van der Waals surface area contributed by atoms with Crippen LogP contribution in [0.5, 0.6) is 0 Å². The molecule has 0 aliphatic rings. The number of nitrogens with two attached hydrogens (primary N) is 1. The molecule has 1 rings (SSSR count). The molecule has 0 bridgehead atoms. The molecule has 1 aromatic rings. The first-order chi connectivity index (χ1) is 6.09. The molecule has 0 amide bonds. The highest BCUT2D eigenvalue weighted by atomic mass is 79.9. The van der Waals surface area contributed by atoms with Crippen LogP contribution < -0.4 is 5.73 Å². The summed E-state index contributed by atoms with van der Waals surface area (Å²) in [4.78, 5) is 1.12. The molecule has 3 heteroatoms. The van der Waals surface area contributed by atoms with Crippen LogP contribution in [-0.4, -0.2) is 5.75 Å². The van der Waals surface area contributed by atoms with Gasteiger partial charge < -0.3 is 5.73 Å². The van der Waals surface area contributed by atoms with E-state index in [9.17, 15) is 0 Å². The largest absolute Gasteiger partial charge is 0.398 e. The number of thioether (sulfide) groups is 1. The lowest BCUT2D eigenvalue weighted by Gasteiger charge is -2.05. The Morgan fingerprint density at radius 2 is 2.31 bits per heavy atom. The van der Waals surface area contributed by atoms with Gasteiger partial charge in [0.2, 0.25) is 0 Å². The number of nitrogen functional groups attached to an aromatic ring is 1. The fourth-order valence-electron chi connectivity index (χ4n) is 0.955. The minimum Gasteiger partial charge on any atom is -0.398 e. The average Bonchev–Trinajstić information content (AvgIpc) is 2.02. The summed E-state index contributed by atoms with van der Waals surface area (Å²) in [6.45, 7) is 5.81. The SMILES string of the molecule is C=C(Br)CSc1ccc(C)cc1N. The maximum absolute atomic E-state index is 5.84.